The fourth-order valence-corrected chi connectivity index (χ4v) is 3.60. The summed E-state index contributed by atoms with van der Waals surface area (Å²) in [5.41, 5.74) is -0.800. The molecule has 1 unspecified atom stereocenters. The van der Waals surface area contributed by atoms with Gasteiger partial charge < -0.3 is 10.2 Å². The molecule has 1 N–H and O–H groups in total. The Kier molecular flexibility index (Phi) is 5.91. The molecule has 33 heavy (non-hydrogen) atoms. The number of benzene rings is 1. The van der Waals surface area contributed by atoms with Gasteiger partial charge in [0, 0.05) is 36.9 Å². The summed E-state index contributed by atoms with van der Waals surface area (Å²) in [6, 6.07) is 2.74. The largest absolute Gasteiger partial charge is 0.419 e. The Morgan fingerprint density at radius 2 is 1.85 bits per heavy atom. The lowest BCUT2D eigenvalue weighted by molar-refractivity contribution is -0.138. The van der Waals surface area contributed by atoms with Crippen LogP contribution in [-0.2, 0) is 6.18 Å². The molecule has 1 fully saturated rings. The van der Waals surface area contributed by atoms with E-state index in [1.165, 1.54) is 35.4 Å². The Labute approximate surface area is 188 Å². The van der Waals surface area contributed by atoms with Gasteiger partial charge in [0.25, 0.3) is 11.8 Å². The Balaban J connectivity index is 1.57. The van der Waals surface area contributed by atoms with Gasteiger partial charge in [0.05, 0.1) is 29.2 Å². The number of nitrogens with zero attached hydrogens (tertiary/aromatic N) is 6. The molecule has 1 amide bonds. The number of halogens is 6. The van der Waals surface area contributed by atoms with Crippen molar-refractivity contribution in [3.63, 3.8) is 0 Å². The smallest absolute Gasteiger partial charge is 0.352 e. The number of aromatic nitrogens is 5. The molecule has 0 radical (unpaired) electrons. The van der Waals surface area contributed by atoms with Crippen LogP contribution in [0.15, 0.2) is 43.0 Å². The lowest BCUT2D eigenvalue weighted by Crippen LogP contribution is -2.47. The van der Waals surface area contributed by atoms with E-state index in [1.54, 1.807) is 0 Å². The summed E-state index contributed by atoms with van der Waals surface area (Å²) in [6.45, 7) is -0.732. The average Bonchev–Trinajstić information content (AvgIpc) is 3.39. The molecule has 1 aromatic carbocycles. The van der Waals surface area contributed by atoms with Crippen LogP contribution in [0.4, 0.5) is 27.9 Å². The number of carbonyl (C=O) groups is 1. The molecule has 3 heterocycles. The van der Waals surface area contributed by atoms with Crippen LogP contribution >= 0.6 is 11.6 Å². The average molecular weight is 488 g/mol. The predicted octanol–water partition coefficient (Wildman–Crippen LogP) is 3.69. The third kappa shape index (κ3) is 4.72. The fourth-order valence-electron chi connectivity index (χ4n) is 3.43. The van der Waals surface area contributed by atoms with Crippen molar-refractivity contribution in [3.05, 3.63) is 59.1 Å². The summed E-state index contributed by atoms with van der Waals surface area (Å²) in [5.74, 6) is -4.25. The molecule has 4 rings (SSSR count). The van der Waals surface area contributed by atoms with Gasteiger partial charge in [-0.2, -0.15) is 28.2 Å². The predicted molar refractivity (Wildman–Crippen MR) is 106 cm³/mol. The van der Waals surface area contributed by atoms with Gasteiger partial charge in [0.1, 0.15) is 6.04 Å². The van der Waals surface area contributed by atoms with Crippen LogP contribution < -0.4 is 5.32 Å². The van der Waals surface area contributed by atoms with Gasteiger partial charge in [-0.05, 0) is 18.2 Å². The van der Waals surface area contributed by atoms with Gasteiger partial charge in [-0.15, -0.1) is 0 Å². The van der Waals surface area contributed by atoms with Gasteiger partial charge in [0.15, 0.2) is 0 Å². The van der Waals surface area contributed by atoms with Crippen LogP contribution in [0.5, 0.6) is 0 Å². The van der Waals surface area contributed by atoms with E-state index in [0.717, 1.165) is 4.90 Å². The van der Waals surface area contributed by atoms with E-state index in [9.17, 15) is 26.7 Å². The van der Waals surface area contributed by atoms with Gasteiger partial charge in [0.2, 0.25) is 5.95 Å². The van der Waals surface area contributed by atoms with Crippen LogP contribution in [0, 0.1) is 0 Å². The van der Waals surface area contributed by atoms with E-state index in [2.05, 4.69) is 25.5 Å². The Morgan fingerprint density at radius 3 is 2.48 bits per heavy atom. The number of anilines is 1. The number of likely N-dealkylation sites (tertiary alicyclic amines) is 1. The summed E-state index contributed by atoms with van der Waals surface area (Å²) in [7, 11) is 0. The molecular formula is C19H15ClF5N7O. The van der Waals surface area contributed by atoms with Crippen LogP contribution in [0.1, 0.15) is 22.3 Å². The molecule has 0 saturated carbocycles. The molecular weight excluding hydrogens is 473 g/mol. The third-order valence-electron chi connectivity index (χ3n) is 5.07. The number of alkyl halides is 5. The molecule has 0 aliphatic carbocycles. The molecule has 8 nitrogen and oxygen atoms in total. The first kappa shape index (κ1) is 22.8. The first-order valence-electron chi connectivity index (χ1n) is 9.54. The lowest BCUT2D eigenvalue weighted by Gasteiger charge is -2.28. The lowest BCUT2D eigenvalue weighted by atomic mass is 10.1. The minimum atomic E-state index is -4.63. The summed E-state index contributed by atoms with van der Waals surface area (Å²) >= 11 is 6.03. The van der Waals surface area contributed by atoms with E-state index >= 15 is 0 Å². The van der Waals surface area contributed by atoms with Crippen LogP contribution in [0.3, 0.4) is 0 Å². The zero-order valence-electron chi connectivity index (χ0n) is 16.6. The van der Waals surface area contributed by atoms with Crippen LogP contribution in [0.25, 0.3) is 5.69 Å². The highest BCUT2D eigenvalue weighted by molar-refractivity contribution is 6.31. The van der Waals surface area contributed by atoms with Gasteiger partial charge in [-0.25, -0.2) is 18.7 Å². The highest BCUT2D eigenvalue weighted by Crippen LogP contribution is 2.36. The number of carbonyl (C=O) groups excluding carboxylic acids is 1. The molecule has 1 saturated heterocycles. The molecule has 1 aliphatic rings. The topological polar surface area (TPSA) is 88.8 Å². The Morgan fingerprint density at radius 1 is 1.18 bits per heavy atom. The second-order valence-corrected chi connectivity index (χ2v) is 7.62. The first-order valence-corrected chi connectivity index (χ1v) is 9.92. The number of rotatable bonds is 5. The second-order valence-electron chi connectivity index (χ2n) is 7.18. The maximum Gasteiger partial charge on any atom is 0.419 e. The normalized spacial score (nSPS) is 17.9. The van der Waals surface area contributed by atoms with E-state index in [-0.39, 0.29) is 28.8 Å². The van der Waals surface area contributed by atoms with Crippen molar-refractivity contribution in [2.45, 2.75) is 24.6 Å². The standard InChI is InChI=1S/C19H15ClF5N7O/c20-12-1-2-14(32-29-4-5-30-32)13(7-12)16(33)31-6-3-18(21,22)15(31)10-28-17-26-8-11(9-27-17)19(23,24)25/h1-2,4-5,7-9,15H,3,6,10H2,(H,26,27,28). The molecule has 0 bridgehead atoms. The molecule has 3 aromatic rings. The number of hydrogen-bond donors (Lipinski definition) is 1. The van der Waals surface area contributed by atoms with E-state index in [4.69, 9.17) is 11.6 Å². The highest BCUT2D eigenvalue weighted by atomic mass is 35.5. The summed E-state index contributed by atoms with van der Waals surface area (Å²) in [5, 5.41) is 10.6. The molecule has 14 heteroatoms. The molecule has 1 atom stereocenters. The van der Waals surface area contributed by atoms with E-state index in [0.29, 0.717) is 12.4 Å². The van der Waals surface area contributed by atoms with Gasteiger partial charge >= 0.3 is 6.18 Å². The monoisotopic (exact) mass is 487 g/mol. The maximum absolute atomic E-state index is 14.6. The van der Waals surface area contributed by atoms with Crippen molar-refractivity contribution >= 4 is 23.5 Å². The Hall–Kier alpha value is -3.35. The Bertz CT molecular complexity index is 1140. The van der Waals surface area contributed by atoms with Crippen molar-refractivity contribution in [3.8, 4) is 5.69 Å². The summed E-state index contributed by atoms with van der Waals surface area (Å²) in [6.07, 6.45) is -1.35. The van der Waals surface area contributed by atoms with Crippen LogP contribution in [-0.4, -0.2) is 60.8 Å². The quantitative estimate of drug-likeness (QED) is 0.552. The highest BCUT2D eigenvalue weighted by Gasteiger charge is 2.51. The minimum absolute atomic E-state index is 0.0205. The summed E-state index contributed by atoms with van der Waals surface area (Å²) in [4.78, 5) is 22.4. The second kappa shape index (κ2) is 8.54. The number of hydrogen-bond acceptors (Lipinski definition) is 6. The minimum Gasteiger partial charge on any atom is -0.352 e. The fraction of sp³-hybridized carbons (Fsp3) is 0.316. The summed E-state index contributed by atoms with van der Waals surface area (Å²) < 4.78 is 67.2. The van der Waals surface area contributed by atoms with Crippen LogP contribution in [0.2, 0.25) is 5.02 Å². The van der Waals surface area contributed by atoms with Gasteiger partial charge in [-0.3, -0.25) is 4.79 Å². The van der Waals surface area contributed by atoms with Crippen molar-refractivity contribution in [1.82, 2.24) is 29.9 Å². The van der Waals surface area contributed by atoms with Gasteiger partial charge in [-0.1, -0.05) is 11.6 Å². The number of amides is 1. The zero-order chi connectivity index (χ0) is 23.8. The van der Waals surface area contributed by atoms with Crippen molar-refractivity contribution in [1.29, 1.82) is 0 Å². The molecule has 1 aliphatic heterocycles. The SMILES string of the molecule is O=C(c1cc(Cl)ccc1-n1nccn1)N1CCC(F)(F)C1CNc1ncc(C(F)(F)F)cn1. The van der Waals surface area contributed by atoms with E-state index in [1.807, 2.05) is 0 Å². The third-order valence-corrected chi connectivity index (χ3v) is 5.30. The number of nitrogens with one attached hydrogen (secondary N) is 1. The zero-order valence-corrected chi connectivity index (χ0v) is 17.4. The van der Waals surface area contributed by atoms with E-state index < -0.39 is 42.6 Å². The molecule has 0 spiro atoms. The van der Waals surface area contributed by atoms with Crippen molar-refractivity contribution in [2.75, 3.05) is 18.4 Å². The maximum atomic E-state index is 14.6. The first-order chi connectivity index (χ1) is 15.6. The van der Waals surface area contributed by atoms with Crippen molar-refractivity contribution in [2.24, 2.45) is 0 Å². The molecule has 2 aromatic heterocycles. The molecule has 174 valence electrons. The van der Waals surface area contributed by atoms with Crippen molar-refractivity contribution < 1.29 is 26.7 Å².